The minimum Gasteiger partial charge on any atom is -0.504 e. The second kappa shape index (κ2) is 13.8. The molecule has 0 radical (unpaired) electrons. The van der Waals surface area contributed by atoms with Crippen LogP contribution in [0.4, 0.5) is 0 Å². The van der Waals surface area contributed by atoms with Gasteiger partial charge in [-0.2, -0.15) is 5.26 Å². The van der Waals surface area contributed by atoms with Crippen LogP contribution in [0.5, 0.6) is 11.5 Å². The molecule has 4 N–H and O–H groups in total. The first-order chi connectivity index (χ1) is 15.1. The Morgan fingerprint density at radius 1 is 1.12 bits per heavy atom. The van der Waals surface area contributed by atoms with Gasteiger partial charge in [0.2, 0.25) is 0 Å². The van der Waals surface area contributed by atoms with Crippen molar-refractivity contribution in [1.82, 2.24) is 0 Å². The van der Waals surface area contributed by atoms with E-state index in [1.165, 1.54) is 77.6 Å². The number of phenols is 1. The van der Waals surface area contributed by atoms with Crippen LogP contribution in [0.3, 0.4) is 0 Å². The molecule has 0 spiro atoms. The molecular weight excluding hydrogens is 519 g/mol. The number of hydrogen-bond donors (Lipinski definition) is 4. The summed E-state index contributed by atoms with van der Waals surface area (Å²) in [5.74, 6) is -3.00. The average molecular weight is 534 g/mol. The quantitative estimate of drug-likeness (QED) is 0.157. The summed E-state index contributed by atoms with van der Waals surface area (Å²) in [6.07, 6.45) is 1.20. The van der Waals surface area contributed by atoms with Crippen LogP contribution in [0.2, 0.25) is 0 Å². The van der Waals surface area contributed by atoms with Crippen molar-refractivity contribution in [2.45, 2.75) is 8.42 Å². The molecule has 0 atom stereocenters. The first-order valence-corrected chi connectivity index (χ1v) is 12.1. The van der Waals surface area contributed by atoms with E-state index < -0.39 is 17.9 Å². The highest BCUT2D eigenvalue weighted by molar-refractivity contribution is 8.05. The minimum atomic E-state index is -1.30. The molecule has 0 unspecified atom stereocenters. The fraction of sp³-hybridized carbons (Fsp3) is 0.167. The lowest BCUT2D eigenvalue weighted by atomic mass is 10.1. The molecule has 0 fully saturated rings. The van der Waals surface area contributed by atoms with Crippen LogP contribution < -0.4 is 4.74 Å². The van der Waals surface area contributed by atoms with Gasteiger partial charge in [0.05, 0.1) is 27.0 Å². The summed E-state index contributed by atoms with van der Waals surface area (Å²) in [5, 5.41) is 43.6. The van der Waals surface area contributed by atoms with Crippen LogP contribution >= 0.6 is 58.4 Å². The molecule has 0 amide bonds. The summed E-state index contributed by atoms with van der Waals surface area (Å²) in [6.45, 7) is 0. The molecule has 0 saturated carbocycles. The smallest absolute Gasteiger partial charge is 0.346 e. The van der Waals surface area contributed by atoms with Crippen LogP contribution in [-0.4, -0.2) is 56.9 Å². The van der Waals surface area contributed by atoms with Crippen LogP contribution in [0.1, 0.15) is 5.56 Å². The zero-order valence-electron chi connectivity index (χ0n) is 16.1. The number of aromatic hydroxyl groups is 1. The number of rotatable bonds is 9. The standard InChI is InChI=1S/C11H9NO4.C7H6O4S5/c1-16-10-5-7(2-3-9(10)13)4-8(6-12)11(14)15;8-3(9)1-13-5-6(14-2-4(10)11)16-7(12)15-5/h2-5,13H,1H3,(H,14,15);1-2H2,(H,8,9)(H,10,11). The number of phenolic OH excluding ortho intramolecular Hbond substituents is 1. The van der Waals surface area contributed by atoms with Crippen LogP contribution in [0.25, 0.3) is 6.08 Å². The fourth-order valence-corrected chi connectivity index (χ4v) is 7.33. The highest BCUT2D eigenvalue weighted by Gasteiger charge is 2.12. The van der Waals surface area contributed by atoms with Gasteiger partial charge in [0.1, 0.15) is 14.8 Å². The molecule has 1 aromatic heterocycles. The molecule has 170 valence electrons. The van der Waals surface area contributed by atoms with Crippen molar-refractivity contribution < 1.29 is 39.5 Å². The Labute approximate surface area is 203 Å². The number of methoxy groups -OCH3 is 1. The van der Waals surface area contributed by atoms with Gasteiger partial charge in [-0.1, -0.05) is 18.3 Å². The van der Waals surface area contributed by atoms with Gasteiger partial charge in [0.25, 0.3) is 0 Å². The Kier molecular flexibility index (Phi) is 11.8. The largest absolute Gasteiger partial charge is 0.504 e. The molecule has 9 nitrogen and oxygen atoms in total. The van der Waals surface area contributed by atoms with Crippen molar-refractivity contribution in [2.24, 2.45) is 0 Å². The van der Waals surface area contributed by atoms with Crippen molar-refractivity contribution in [3.05, 3.63) is 32.5 Å². The molecule has 32 heavy (non-hydrogen) atoms. The van der Waals surface area contributed by atoms with E-state index >= 15 is 0 Å². The van der Waals surface area contributed by atoms with Crippen molar-refractivity contribution >= 4 is 82.4 Å². The van der Waals surface area contributed by atoms with E-state index in [9.17, 15) is 19.5 Å². The van der Waals surface area contributed by atoms with Crippen LogP contribution in [-0.2, 0) is 14.4 Å². The molecule has 2 rings (SSSR count). The Balaban J connectivity index is 0.000000320. The van der Waals surface area contributed by atoms with Crippen LogP contribution in [0.15, 0.2) is 32.2 Å². The zero-order valence-corrected chi connectivity index (χ0v) is 20.2. The molecule has 0 aliphatic rings. The number of nitriles is 1. The molecule has 1 aromatic carbocycles. The molecular formula is C18H15NO8S5. The van der Waals surface area contributed by atoms with E-state index in [1.54, 1.807) is 6.07 Å². The predicted octanol–water partition coefficient (Wildman–Crippen LogP) is 4.28. The number of carbonyl (C=O) groups is 3. The lowest BCUT2D eigenvalue weighted by Gasteiger charge is -2.03. The lowest BCUT2D eigenvalue weighted by molar-refractivity contribution is -0.134. The van der Waals surface area contributed by atoms with Gasteiger partial charge >= 0.3 is 17.9 Å². The van der Waals surface area contributed by atoms with Crippen molar-refractivity contribution in [2.75, 3.05) is 18.6 Å². The number of thioether (sulfide) groups is 2. The summed E-state index contributed by atoms with van der Waals surface area (Å²) < 4.78 is 7.12. The number of carboxylic acid groups (broad SMARTS) is 3. The topological polar surface area (TPSA) is 165 Å². The summed E-state index contributed by atoms with van der Waals surface area (Å²) in [6, 6.07) is 5.85. The third-order valence-corrected chi connectivity index (χ3v) is 8.59. The van der Waals surface area contributed by atoms with E-state index in [1.807, 2.05) is 0 Å². The zero-order chi connectivity index (χ0) is 24.3. The number of benzene rings is 1. The fourth-order valence-electron chi connectivity index (χ4n) is 1.78. The van der Waals surface area contributed by atoms with E-state index in [0.29, 0.717) is 8.70 Å². The second-order valence-corrected chi connectivity index (χ2v) is 11.0. The minimum absolute atomic E-state index is 0.0390. The predicted molar refractivity (Wildman–Crippen MR) is 126 cm³/mol. The summed E-state index contributed by atoms with van der Waals surface area (Å²) in [5.41, 5.74) is 0.0846. The van der Waals surface area contributed by atoms with Gasteiger partial charge in [-0.25, -0.2) is 4.79 Å². The van der Waals surface area contributed by atoms with Crippen molar-refractivity contribution in [1.29, 1.82) is 5.26 Å². The van der Waals surface area contributed by atoms with E-state index in [4.69, 9.17) is 37.5 Å². The molecule has 0 aliphatic carbocycles. The van der Waals surface area contributed by atoms with E-state index in [-0.39, 0.29) is 28.6 Å². The Morgan fingerprint density at radius 2 is 1.66 bits per heavy atom. The molecule has 2 aromatic rings. The molecule has 1 heterocycles. The van der Waals surface area contributed by atoms with Gasteiger partial charge in [-0.15, -0.1) is 46.2 Å². The van der Waals surface area contributed by atoms with Crippen LogP contribution in [0, 0.1) is 14.5 Å². The van der Waals surface area contributed by atoms with Gasteiger partial charge in [0, 0.05) is 0 Å². The number of nitrogens with zero attached hydrogens (tertiary/aromatic N) is 1. The number of carboxylic acids is 3. The highest BCUT2D eigenvalue weighted by Crippen LogP contribution is 2.40. The monoisotopic (exact) mass is 533 g/mol. The van der Waals surface area contributed by atoms with E-state index in [0.717, 1.165) is 8.42 Å². The van der Waals surface area contributed by atoms with Crippen molar-refractivity contribution in [3.8, 4) is 17.6 Å². The summed E-state index contributed by atoms with van der Waals surface area (Å²) >= 11 is 10.0. The molecule has 0 saturated heterocycles. The SMILES string of the molecule is COc1cc(C=C(C#N)C(=O)O)ccc1O.O=C(O)CSc1sc(=S)sc1SCC(=O)O. The van der Waals surface area contributed by atoms with Gasteiger partial charge in [-0.05, 0) is 23.8 Å². The number of aliphatic carboxylic acids is 3. The third-order valence-electron chi connectivity index (χ3n) is 3.04. The van der Waals surface area contributed by atoms with Crippen molar-refractivity contribution in [3.63, 3.8) is 0 Å². The summed E-state index contributed by atoms with van der Waals surface area (Å²) in [4.78, 5) is 31.4. The first kappa shape index (κ1) is 27.5. The second-order valence-electron chi connectivity index (χ2n) is 5.30. The Hall–Kier alpha value is -2.57. The lowest BCUT2D eigenvalue weighted by Crippen LogP contribution is -1.98. The maximum absolute atomic E-state index is 10.6. The number of ether oxygens (including phenoxy) is 1. The Bertz CT molecular complexity index is 1080. The summed E-state index contributed by atoms with van der Waals surface area (Å²) in [7, 11) is 1.38. The van der Waals surface area contributed by atoms with Gasteiger partial charge in [-0.3, -0.25) is 9.59 Å². The average Bonchev–Trinajstić information content (AvgIpc) is 3.09. The maximum Gasteiger partial charge on any atom is 0.346 e. The molecule has 0 bridgehead atoms. The highest BCUT2D eigenvalue weighted by atomic mass is 32.2. The van der Waals surface area contributed by atoms with E-state index in [2.05, 4.69) is 0 Å². The Morgan fingerprint density at radius 3 is 2.06 bits per heavy atom. The maximum atomic E-state index is 10.6. The number of hydrogen-bond acceptors (Lipinski definition) is 11. The van der Waals surface area contributed by atoms with Gasteiger partial charge in [0.15, 0.2) is 11.5 Å². The first-order valence-electron chi connectivity index (χ1n) is 8.12. The van der Waals surface area contributed by atoms with Gasteiger partial charge < -0.3 is 25.2 Å². The third kappa shape index (κ3) is 9.71. The molecule has 0 aliphatic heterocycles. The molecule has 14 heteroatoms. The normalized spacial score (nSPS) is 10.4.